The first kappa shape index (κ1) is 21.9. The minimum atomic E-state index is -0.0577. The van der Waals surface area contributed by atoms with Gasteiger partial charge in [0.2, 0.25) is 5.43 Å². The second-order valence-electron chi connectivity index (χ2n) is 7.96. The molecule has 0 N–H and O–H groups in total. The second-order valence-corrected chi connectivity index (χ2v) is 8.40. The lowest BCUT2D eigenvalue weighted by Gasteiger charge is -2.16. The van der Waals surface area contributed by atoms with Crippen LogP contribution in [0.3, 0.4) is 0 Å². The molecule has 0 aliphatic heterocycles. The molecule has 0 unspecified atom stereocenters. The maximum absolute atomic E-state index is 13.6. The molecule has 3 aromatic carbocycles. The fourth-order valence-corrected chi connectivity index (χ4v) is 3.89. The van der Waals surface area contributed by atoms with Crippen molar-refractivity contribution in [1.82, 2.24) is 0 Å². The number of fused-ring (bicyclic) bond motifs is 1. The summed E-state index contributed by atoms with van der Waals surface area (Å²) in [6, 6.07) is 20.9. The molecule has 4 heteroatoms. The van der Waals surface area contributed by atoms with Crippen molar-refractivity contribution in [3.8, 4) is 16.9 Å². The van der Waals surface area contributed by atoms with E-state index >= 15 is 0 Å². The van der Waals surface area contributed by atoms with Crippen molar-refractivity contribution < 1.29 is 9.15 Å². The van der Waals surface area contributed by atoms with Crippen LogP contribution in [-0.2, 0) is 6.61 Å². The van der Waals surface area contributed by atoms with Crippen LogP contribution in [0.15, 0.2) is 82.0 Å². The largest absolute Gasteiger partial charge is 0.488 e. The minimum absolute atomic E-state index is 0.0186. The molecule has 4 aromatic rings. The smallest absolute Gasteiger partial charge is 0.200 e. The van der Waals surface area contributed by atoms with E-state index < -0.39 is 0 Å². The minimum Gasteiger partial charge on any atom is -0.488 e. The molecule has 32 heavy (non-hydrogen) atoms. The molecule has 0 spiro atoms. The van der Waals surface area contributed by atoms with Gasteiger partial charge in [0, 0.05) is 10.9 Å². The van der Waals surface area contributed by atoms with Crippen molar-refractivity contribution in [2.75, 3.05) is 0 Å². The van der Waals surface area contributed by atoms with Crippen LogP contribution in [0.25, 0.3) is 28.2 Å². The standard InChI is InChI=1S/C28H25ClO3/c1-4-8-22-24(31-17-19-9-6-5-7-10-19)16-15-23-26(30)25(20-11-13-21(29)14-12-20)27(18(2)3)32-28(22)23/h4-16,18H,17H2,1-3H3. The molecule has 3 nitrogen and oxygen atoms in total. The van der Waals surface area contributed by atoms with E-state index in [2.05, 4.69) is 0 Å². The van der Waals surface area contributed by atoms with Gasteiger partial charge in [-0.3, -0.25) is 4.79 Å². The van der Waals surface area contributed by atoms with Crippen molar-refractivity contribution in [1.29, 1.82) is 0 Å². The molecule has 0 fully saturated rings. The fourth-order valence-electron chi connectivity index (χ4n) is 3.76. The molecule has 0 aliphatic carbocycles. The topological polar surface area (TPSA) is 39.4 Å². The highest BCUT2D eigenvalue weighted by atomic mass is 35.5. The summed E-state index contributed by atoms with van der Waals surface area (Å²) in [6.07, 6.45) is 3.85. The van der Waals surface area contributed by atoms with Gasteiger partial charge in [-0.05, 0) is 42.3 Å². The van der Waals surface area contributed by atoms with Gasteiger partial charge in [-0.1, -0.05) is 80.1 Å². The zero-order valence-corrected chi connectivity index (χ0v) is 19.1. The second kappa shape index (κ2) is 9.46. The Morgan fingerprint density at radius 2 is 1.72 bits per heavy atom. The van der Waals surface area contributed by atoms with Crippen LogP contribution in [0.5, 0.6) is 5.75 Å². The van der Waals surface area contributed by atoms with E-state index in [1.54, 1.807) is 18.2 Å². The fraction of sp³-hybridized carbons (Fsp3) is 0.179. The third-order valence-electron chi connectivity index (χ3n) is 5.31. The Labute approximate surface area is 192 Å². The number of allylic oxidation sites excluding steroid dienone is 1. The highest BCUT2D eigenvalue weighted by Gasteiger charge is 2.21. The molecule has 0 saturated heterocycles. The highest BCUT2D eigenvalue weighted by Crippen LogP contribution is 2.35. The zero-order chi connectivity index (χ0) is 22.7. The first-order valence-corrected chi connectivity index (χ1v) is 11.1. The van der Waals surface area contributed by atoms with E-state index in [0.717, 1.165) is 16.7 Å². The van der Waals surface area contributed by atoms with E-state index in [0.29, 0.717) is 39.7 Å². The van der Waals surface area contributed by atoms with Gasteiger partial charge >= 0.3 is 0 Å². The maximum Gasteiger partial charge on any atom is 0.200 e. The Bertz CT molecular complexity index is 1320. The van der Waals surface area contributed by atoms with Crippen LogP contribution in [0.1, 0.15) is 43.6 Å². The maximum atomic E-state index is 13.6. The molecule has 0 saturated carbocycles. The number of hydrogen-bond acceptors (Lipinski definition) is 3. The van der Waals surface area contributed by atoms with E-state index in [1.165, 1.54) is 0 Å². The van der Waals surface area contributed by atoms with Gasteiger partial charge in [-0.2, -0.15) is 0 Å². The summed E-state index contributed by atoms with van der Waals surface area (Å²) in [5.41, 5.74) is 3.70. The first-order valence-electron chi connectivity index (χ1n) is 10.7. The van der Waals surface area contributed by atoms with Crippen molar-refractivity contribution in [2.24, 2.45) is 0 Å². The Hall–Kier alpha value is -3.30. The normalized spacial score (nSPS) is 11.5. The number of ether oxygens (including phenoxy) is 1. The first-order chi connectivity index (χ1) is 15.5. The van der Waals surface area contributed by atoms with E-state index in [4.69, 9.17) is 20.8 Å². The van der Waals surface area contributed by atoms with Crippen molar-refractivity contribution in [3.63, 3.8) is 0 Å². The monoisotopic (exact) mass is 444 g/mol. The van der Waals surface area contributed by atoms with Crippen molar-refractivity contribution in [2.45, 2.75) is 33.3 Å². The molecule has 1 aromatic heterocycles. The zero-order valence-electron chi connectivity index (χ0n) is 18.4. The van der Waals surface area contributed by atoms with Crippen LogP contribution in [0.4, 0.5) is 0 Å². The molecule has 1 heterocycles. The van der Waals surface area contributed by atoms with Gasteiger partial charge < -0.3 is 9.15 Å². The summed E-state index contributed by atoms with van der Waals surface area (Å²) in [5.74, 6) is 1.34. The van der Waals surface area contributed by atoms with Gasteiger partial charge in [0.1, 0.15) is 23.7 Å². The Morgan fingerprint density at radius 1 is 1.00 bits per heavy atom. The van der Waals surface area contributed by atoms with Gasteiger partial charge in [0.05, 0.1) is 16.5 Å². The lowest BCUT2D eigenvalue weighted by atomic mass is 9.96. The molecule has 162 valence electrons. The molecule has 0 amide bonds. The van der Waals surface area contributed by atoms with E-state index in [9.17, 15) is 4.79 Å². The van der Waals surface area contributed by atoms with Crippen LogP contribution in [-0.4, -0.2) is 0 Å². The number of hydrogen-bond donors (Lipinski definition) is 0. The SMILES string of the molecule is CC=Cc1c(OCc2ccccc2)ccc2c(=O)c(-c3ccc(Cl)cc3)c(C(C)C)oc12. The highest BCUT2D eigenvalue weighted by molar-refractivity contribution is 6.30. The Morgan fingerprint density at radius 3 is 2.38 bits per heavy atom. The van der Waals surface area contributed by atoms with Crippen LogP contribution in [0.2, 0.25) is 5.02 Å². The predicted molar refractivity (Wildman–Crippen MR) is 133 cm³/mol. The van der Waals surface area contributed by atoms with Crippen molar-refractivity contribution in [3.05, 3.63) is 105 Å². The van der Waals surface area contributed by atoms with Crippen LogP contribution < -0.4 is 10.2 Å². The third kappa shape index (κ3) is 4.35. The van der Waals surface area contributed by atoms with Gasteiger partial charge in [0.25, 0.3) is 0 Å². The lowest BCUT2D eigenvalue weighted by molar-refractivity contribution is 0.305. The number of halogens is 1. The predicted octanol–water partition coefficient (Wildman–Crippen LogP) is 7.85. The van der Waals surface area contributed by atoms with Gasteiger partial charge in [-0.25, -0.2) is 0 Å². The van der Waals surface area contributed by atoms with Crippen LogP contribution in [0, 0.1) is 0 Å². The van der Waals surface area contributed by atoms with E-state index in [1.807, 2.05) is 81.5 Å². The summed E-state index contributed by atoms with van der Waals surface area (Å²) >= 11 is 6.06. The quantitative estimate of drug-likeness (QED) is 0.304. The third-order valence-corrected chi connectivity index (χ3v) is 5.57. The summed E-state index contributed by atoms with van der Waals surface area (Å²) in [7, 11) is 0. The average Bonchev–Trinajstić information content (AvgIpc) is 2.80. The number of rotatable bonds is 6. The summed E-state index contributed by atoms with van der Waals surface area (Å²) in [5, 5.41) is 1.15. The molecular weight excluding hydrogens is 420 g/mol. The number of benzene rings is 3. The summed E-state index contributed by atoms with van der Waals surface area (Å²) in [6.45, 7) is 6.41. The molecule has 0 bridgehead atoms. The van der Waals surface area contributed by atoms with Crippen molar-refractivity contribution >= 4 is 28.6 Å². The van der Waals surface area contributed by atoms with Gasteiger partial charge in [0.15, 0.2) is 0 Å². The molecule has 4 rings (SSSR count). The summed E-state index contributed by atoms with van der Waals surface area (Å²) in [4.78, 5) is 13.6. The lowest BCUT2D eigenvalue weighted by Crippen LogP contribution is -2.11. The average molecular weight is 445 g/mol. The van der Waals surface area contributed by atoms with Crippen LogP contribution >= 0.6 is 11.6 Å². The molecule has 0 atom stereocenters. The molecular formula is C28H25ClO3. The van der Waals surface area contributed by atoms with Gasteiger partial charge in [-0.15, -0.1) is 0 Å². The molecule has 0 aliphatic rings. The molecule has 0 radical (unpaired) electrons. The summed E-state index contributed by atoms with van der Waals surface area (Å²) < 4.78 is 12.6. The Balaban J connectivity index is 1.90. The Kier molecular flexibility index (Phi) is 6.48. The van der Waals surface area contributed by atoms with E-state index in [-0.39, 0.29) is 11.3 Å².